The number of allylic oxidation sites excluding steroid dienone is 16. The molecule has 2 N–H and O–H groups in total. The van der Waals surface area contributed by atoms with Crippen molar-refractivity contribution in [1.82, 2.24) is 0 Å². The van der Waals surface area contributed by atoms with Crippen LogP contribution in [-0.2, 0) is 0 Å². The smallest absolute Gasteiger partial charge is 0.0729 e. The molecule has 0 aliphatic heterocycles. The van der Waals surface area contributed by atoms with Crippen molar-refractivity contribution in [2.45, 2.75) is 101 Å². The lowest BCUT2D eigenvalue weighted by molar-refractivity contribution is 0.117. The van der Waals surface area contributed by atoms with E-state index in [0.29, 0.717) is 0 Å². The number of hydrogen-bond donors (Lipinski definition) is 2. The Morgan fingerprint density at radius 3 is 1.86 bits per heavy atom. The molecule has 0 amide bonds. The fourth-order valence-corrected chi connectivity index (χ4v) is 5.76. The van der Waals surface area contributed by atoms with E-state index in [1.165, 1.54) is 5.57 Å². The van der Waals surface area contributed by atoms with E-state index in [1.807, 2.05) is 56.4 Å². The van der Waals surface area contributed by atoms with Gasteiger partial charge in [0, 0.05) is 16.9 Å². The van der Waals surface area contributed by atoms with Gasteiger partial charge in [0.05, 0.1) is 12.2 Å². The molecule has 0 fully saturated rings. The van der Waals surface area contributed by atoms with Gasteiger partial charge in [-0.2, -0.15) is 0 Å². The van der Waals surface area contributed by atoms with Crippen molar-refractivity contribution >= 4 is 0 Å². The molecular weight excluding hydrogens is 512 g/mol. The molecule has 0 radical (unpaired) electrons. The Bertz CT molecular complexity index is 1380. The number of rotatable bonds is 6. The van der Waals surface area contributed by atoms with Crippen molar-refractivity contribution in [2.75, 3.05) is 0 Å². The highest BCUT2D eigenvalue weighted by atomic mass is 16.3. The van der Waals surface area contributed by atoms with Gasteiger partial charge in [0.15, 0.2) is 0 Å². The van der Waals surface area contributed by atoms with E-state index in [-0.39, 0.29) is 29.0 Å². The Morgan fingerprint density at radius 1 is 0.786 bits per heavy atom. The van der Waals surface area contributed by atoms with Crippen LogP contribution in [0.1, 0.15) is 88.5 Å². The fraction of sp³-hybridized carbons (Fsp3) is 0.450. The van der Waals surface area contributed by atoms with Gasteiger partial charge in [-0.25, -0.2) is 0 Å². The molecule has 224 valence electrons. The minimum Gasteiger partial charge on any atom is -0.393 e. The Balaban J connectivity index is 1.93. The van der Waals surface area contributed by atoms with Gasteiger partial charge in [-0.05, 0) is 77.4 Å². The molecule has 2 nitrogen and oxygen atoms in total. The zero-order valence-corrected chi connectivity index (χ0v) is 27.6. The highest BCUT2D eigenvalue weighted by molar-refractivity contribution is 5.45. The monoisotopic (exact) mass is 564 g/mol. The van der Waals surface area contributed by atoms with Crippen LogP contribution < -0.4 is 0 Å². The van der Waals surface area contributed by atoms with Gasteiger partial charge in [-0.15, -0.1) is 0 Å². The summed E-state index contributed by atoms with van der Waals surface area (Å²) >= 11 is 0. The lowest BCUT2D eigenvalue weighted by Crippen LogP contribution is -2.32. The van der Waals surface area contributed by atoms with Gasteiger partial charge in [0.1, 0.15) is 0 Å². The SMILES string of the molecule is CC1=C[C@@H](O)CC(C)(C)[C@H]1C#C/C(C)=C/C=C/C(C)=C/C=C/C=C(C)/C=C/C=C(\C)C#CC1=C(C)C[C@@H](O)CC1(C)C. The zero-order chi connectivity index (χ0) is 31.5. The second kappa shape index (κ2) is 15.8. The standard InChI is InChI=1S/C40H52O2/c1-29(17-13-19-31(3)21-23-37-33(5)25-35(41)27-39(37,7)8)15-11-12-16-30(2)18-14-20-32(4)22-24-38-34(6)26-36(42)28-40(38,9)10/h11-20,25,35-37,41-42H,26-28H2,1-10H3/b12-11+,17-13+,18-14+,29-15+,30-16+,31-19+,32-20+/t35-,36-,37+/m1/s1. The summed E-state index contributed by atoms with van der Waals surface area (Å²) < 4.78 is 0. The van der Waals surface area contributed by atoms with E-state index in [4.69, 9.17) is 0 Å². The van der Waals surface area contributed by atoms with Gasteiger partial charge in [-0.1, -0.05) is 141 Å². The zero-order valence-electron chi connectivity index (χ0n) is 27.6. The van der Waals surface area contributed by atoms with E-state index in [2.05, 4.69) is 103 Å². The molecule has 2 heteroatoms. The molecule has 42 heavy (non-hydrogen) atoms. The third kappa shape index (κ3) is 11.5. The first kappa shape index (κ1) is 34.9. The van der Waals surface area contributed by atoms with E-state index in [1.54, 1.807) is 0 Å². The highest BCUT2D eigenvalue weighted by Crippen LogP contribution is 2.41. The van der Waals surface area contributed by atoms with Crippen molar-refractivity contribution in [3.8, 4) is 23.7 Å². The molecule has 0 spiro atoms. The molecule has 0 aromatic carbocycles. The Morgan fingerprint density at radius 2 is 1.33 bits per heavy atom. The van der Waals surface area contributed by atoms with Crippen LogP contribution in [-0.4, -0.2) is 22.4 Å². The van der Waals surface area contributed by atoms with Crippen molar-refractivity contribution < 1.29 is 10.2 Å². The van der Waals surface area contributed by atoms with Crippen LogP contribution in [0.5, 0.6) is 0 Å². The maximum absolute atomic E-state index is 10.1. The first-order valence-corrected chi connectivity index (χ1v) is 15.1. The van der Waals surface area contributed by atoms with Gasteiger partial charge < -0.3 is 10.2 Å². The van der Waals surface area contributed by atoms with E-state index in [9.17, 15) is 10.2 Å². The second-order valence-electron chi connectivity index (χ2n) is 13.3. The van der Waals surface area contributed by atoms with Crippen LogP contribution >= 0.6 is 0 Å². The maximum atomic E-state index is 10.1. The molecule has 3 atom stereocenters. The lowest BCUT2D eigenvalue weighted by atomic mass is 9.68. The molecule has 2 rings (SSSR count). The second-order valence-corrected chi connectivity index (χ2v) is 13.3. The molecule has 0 bridgehead atoms. The van der Waals surface area contributed by atoms with Crippen LogP contribution in [0.25, 0.3) is 0 Å². The predicted molar refractivity (Wildman–Crippen MR) is 181 cm³/mol. The van der Waals surface area contributed by atoms with Gasteiger partial charge >= 0.3 is 0 Å². The first-order chi connectivity index (χ1) is 19.6. The van der Waals surface area contributed by atoms with Crippen LogP contribution in [0.2, 0.25) is 0 Å². The molecule has 2 aliphatic rings. The van der Waals surface area contributed by atoms with E-state index in [0.717, 1.165) is 52.7 Å². The summed E-state index contributed by atoms with van der Waals surface area (Å²) in [5, 5.41) is 20.1. The van der Waals surface area contributed by atoms with Gasteiger partial charge in [-0.3, -0.25) is 0 Å². The van der Waals surface area contributed by atoms with Crippen molar-refractivity contribution in [2.24, 2.45) is 16.7 Å². The highest BCUT2D eigenvalue weighted by Gasteiger charge is 2.35. The topological polar surface area (TPSA) is 40.5 Å². The summed E-state index contributed by atoms with van der Waals surface area (Å²) in [5.74, 6) is 13.6. The molecule has 0 saturated carbocycles. The lowest BCUT2D eigenvalue weighted by Gasteiger charge is -2.37. The minimum atomic E-state index is -0.367. The van der Waals surface area contributed by atoms with Crippen LogP contribution in [0.15, 0.2) is 106 Å². The molecule has 0 aromatic rings. The number of aliphatic hydroxyl groups is 2. The largest absolute Gasteiger partial charge is 0.393 e. The third-order valence-corrected chi connectivity index (χ3v) is 7.86. The summed E-state index contributed by atoms with van der Waals surface area (Å²) in [7, 11) is 0. The summed E-state index contributed by atoms with van der Waals surface area (Å²) in [6.07, 6.45) is 24.1. The minimum absolute atomic E-state index is 0.0319. The first-order valence-electron chi connectivity index (χ1n) is 15.1. The van der Waals surface area contributed by atoms with Crippen molar-refractivity contribution in [3.63, 3.8) is 0 Å². The van der Waals surface area contributed by atoms with E-state index < -0.39 is 0 Å². The van der Waals surface area contributed by atoms with Gasteiger partial charge in [0.2, 0.25) is 0 Å². The van der Waals surface area contributed by atoms with Crippen molar-refractivity contribution in [1.29, 1.82) is 0 Å². The average Bonchev–Trinajstić information content (AvgIpc) is 2.84. The molecular formula is C40H52O2. The van der Waals surface area contributed by atoms with Crippen LogP contribution in [0.4, 0.5) is 0 Å². The maximum Gasteiger partial charge on any atom is 0.0729 e. The Hall–Kier alpha value is -3.30. The quantitative estimate of drug-likeness (QED) is 0.192. The van der Waals surface area contributed by atoms with E-state index >= 15 is 0 Å². The summed E-state index contributed by atoms with van der Waals surface area (Å²) in [6.45, 7) is 21.1. The van der Waals surface area contributed by atoms with Crippen LogP contribution in [0.3, 0.4) is 0 Å². The summed E-state index contributed by atoms with van der Waals surface area (Å²) in [4.78, 5) is 0. The predicted octanol–water partition coefficient (Wildman–Crippen LogP) is 9.30. The van der Waals surface area contributed by atoms with Gasteiger partial charge in [0.25, 0.3) is 0 Å². The number of hydrogen-bond acceptors (Lipinski definition) is 2. The summed E-state index contributed by atoms with van der Waals surface area (Å²) in [5.41, 5.74) is 7.76. The third-order valence-electron chi connectivity index (χ3n) is 7.86. The summed E-state index contributed by atoms with van der Waals surface area (Å²) in [6, 6.07) is 0. The normalized spacial score (nSPS) is 25.4. The van der Waals surface area contributed by atoms with Crippen molar-refractivity contribution in [3.05, 3.63) is 106 Å². The molecule has 0 heterocycles. The Labute approximate surface area is 256 Å². The molecule has 0 unspecified atom stereocenters. The Kier molecular flexibility index (Phi) is 13.1. The van der Waals surface area contributed by atoms with Crippen LogP contribution in [0, 0.1) is 40.4 Å². The average molecular weight is 565 g/mol. The fourth-order valence-electron chi connectivity index (χ4n) is 5.76. The molecule has 0 aromatic heterocycles. The molecule has 2 aliphatic carbocycles. The molecule has 0 saturated heterocycles. The number of aliphatic hydroxyl groups excluding tert-OH is 2.